The Labute approximate surface area is 171 Å². The van der Waals surface area contributed by atoms with Crippen molar-refractivity contribution in [3.8, 4) is 0 Å². The topological polar surface area (TPSA) is 59.5 Å². The van der Waals surface area contributed by atoms with Gasteiger partial charge in [0.2, 0.25) is 5.91 Å². The maximum atomic E-state index is 12.8. The summed E-state index contributed by atoms with van der Waals surface area (Å²) in [6.45, 7) is 5.55. The van der Waals surface area contributed by atoms with Crippen molar-refractivity contribution < 1.29 is 27.5 Å². The third-order valence-electron chi connectivity index (χ3n) is 4.03. The van der Waals surface area contributed by atoms with Crippen molar-refractivity contribution in [2.75, 3.05) is 13.2 Å². The third-order valence-corrected chi connectivity index (χ3v) is 5.22. The van der Waals surface area contributed by atoms with Gasteiger partial charge in [0, 0.05) is 17.8 Å². The fourth-order valence-corrected chi connectivity index (χ4v) is 3.38. The van der Waals surface area contributed by atoms with Crippen LogP contribution in [0.25, 0.3) is 0 Å². The predicted octanol–water partition coefficient (Wildman–Crippen LogP) is 4.42. The van der Waals surface area contributed by atoms with E-state index in [0.717, 1.165) is 17.1 Å². The van der Waals surface area contributed by atoms with Crippen LogP contribution in [0.4, 0.5) is 13.2 Å². The van der Waals surface area contributed by atoms with Gasteiger partial charge >= 0.3 is 12.1 Å². The first-order chi connectivity index (χ1) is 13.6. The molecule has 2 rings (SSSR count). The lowest BCUT2D eigenvalue weighted by Crippen LogP contribution is -2.37. The molecule has 0 unspecified atom stereocenters. The molecule has 1 amide bonds. The molecule has 1 aromatic carbocycles. The van der Waals surface area contributed by atoms with Gasteiger partial charge in [-0.3, -0.25) is 9.59 Å². The van der Waals surface area contributed by atoms with E-state index in [1.54, 1.807) is 12.3 Å². The van der Waals surface area contributed by atoms with E-state index in [9.17, 15) is 22.8 Å². The molecule has 0 aliphatic carbocycles. The van der Waals surface area contributed by atoms with Crippen molar-refractivity contribution >= 4 is 23.2 Å². The molecule has 0 aliphatic heterocycles. The molecule has 2 aromatic rings. The number of carbonyl (C=O) groups excluding carboxylic acids is 2. The van der Waals surface area contributed by atoms with Crippen molar-refractivity contribution in [2.45, 2.75) is 45.8 Å². The van der Waals surface area contributed by atoms with Gasteiger partial charge in [-0.1, -0.05) is 26.0 Å². The van der Waals surface area contributed by atoms with Gasteiger partial charge in [0.1, 0.15) is 6.54 Å². The highest BCUT2D eigenvalue weighted by Gasteiger charge is 2.30. The molecule has 0 bridgehead atoms. The molecule has 0 spiro atoms. The Morgan fingerprint density at radius 3 is 2.38 bits per heavy atom. The quantitative estimate of drug-likeness (QED) is 0.584. The van der Waals surface area contributed by atoms with E-state index < -0.39 is 17.7 Å². The van der Waals surface area contributed by atoms with Crippen LogP contribution in [-0.2, 0) is 33.5 Å². The predicted molar refractivity (Wildman–Crippen MR) is 103 cm³/mol. The van der Waals surface area contributed by atoms with Crippen LogP contribution < -0.4 is 0 Å². The molecular weight excluding hydrogens is 405 g/mol. The first-order valence-corrected chi connectivity index (χ1v) is 10.0. The number of amides is 1. The van der Waals surface area contributed by atoms with Crippen LogP contribution in [0.3, 0.4) is 0 Å². The van der Waals surface area contributed by atoms with E-state index >= 15 is 0 Å². The van der Waals surface area contributed by atoms with Gasteiger partial charge in [-0.15, -0.1) is 11.3 Å². The van der Waals surface area contributed by atoms with Crippen LogP contribution in [-0.4, -0.2) is 34.9 Å². The summed E-state index contributed by atoms with van der Waals surface area (Å²) in [4.78, 5) is 30.4. The molecule has 0 saturated carbocycles. The lowest BCUT2D eigenvalue weighted by molar-refractivity contribution is -0.149. The highest BCUT2D eigenvalue weighted by atomic mass is 32.1. The van der Waals surface area contributed by atoms with Crippen LogP contribution in [0, 0.1) is 0 Å². The smallest absolute Gasteiger partial charge is 0.416 e. The Kier molecular flexibility index (Phi) is 7.78. The van der Waals surface area contributed by atoms with Gasteiger partial charge in [0.15, 0.2) is 0 Å². The van der Waals surface area contributed by atoms with Gasteiger partial charge in [0.05, 0.1) is 29.3 Å². The lowest BCUT2D eigenvalue weighted by atomic mass is 10.1. The highest BCUT2D eigenvalue weighted by Crippen LogP contribution is 2.29. The van der Waals surface area contributed by atoms with E-state index in [1.807, 2.05) is 13.8 Å². The Morgan fingerprint density at radius 1 is 1.21 bits per heavy atom. The number of hydrogen-bond acceptors (Lipinski definition) is 5. The standard InChI is InChI=1S/C20H23F3N2O3S/c1-4-28-18(27)11-25(10-14-5-7-15(8-6-14)20(21,22)23)17(26)9-16-12-29-19(24-16)13(2)3/h5-8,12-13H,4,9-11H2,1-3H3. The average Bonchev–Trinajstić information content (AvgIpc) is 3.10. The number of esters is 1. The average molecular weight is 428 g/mol. The second kappa shape index (κ2) is 9.87. The molecular formula is C20H23F3N2O3S. The minimum Gasteiger partial charge on any atom is -0.465 e. The second-order valence-electron chi connectivity index (χ2n) is 6.76. The van der Waals surface area contributed by atoms with Gasteiger partial charge in [-0.2, -0.15) is 13.2 Å². The second-order valence-corrected chi connectivity index (χ2v) is 7.65. The Morgan fingerprint density at radius 2 is 1.86 bits per heavy atom. The summed E-state index contributed by atoms with van der Waals surface area (Å²) in [7, 11) is 0. The third kappa shape index (κ3) is 6.85. The summed E-state index contributed by atoms with van der Waals surface area (Å²) in [5.41, 5.74) is 0.315. The molecule has 9 heteroatoms. The number of rotatable bonds is 8. The van der Waals surface area contributed by atoms with E-state index in [1.165, 1.54) is 28.4 Å². The van der Waals surface area contributed by atoms with Crippen LogP contribution in [0.5, 0.6) is 0 Å². The summed E-state index contributed by atoms with van der Waals surface area (Å²) >= 11 is 1.46. The molecule has 5 nitrogen and oxygen atoms in total. The zero-order chi connectivity index (χ0) is 21.6. The van der Waals surface area contributed by atoms with Crippen molar-refractivity contribution in [1.82, 2.24) is 9.88 Å². The largest absolute Gasteiger partial charge is 0.465 e. The van der Waals surface area contributed by atoms with Crippen molar-refractivity contribution in [3.63, 3.8) is 0 Å². The maximum Gasteiger partial charge on any atom is 0.416 e. The van der Waals surface area contributed by atoms with Gasteiger partial charge in [-0.25, -0.2) is 4.98 Å². The van der Waals surface area contributed by atoms with Crippen molar-refractivity contribution in [2.24, 2.45) is 0 Å². The molecule has 158 valence electrons. The number of halogens is 3. The molecule has 0 aliphatic rings. The van der Waals surface area contributed by atoms with E-state index in [0.29, 0.717) is 11.3 Å². The number of hydrogen-bond donors (Lipinski definition) is 0. The van der Waals surface area contributed by atoms with Crippen LogP contribution in [0.2, 0.25) is 0 Å². The fourth-order valence-electron chi connectivity index (χ4n) is 2.55. The van der Waals surface area contributed by atoms with Gasteiger partial charge in [-0.05, 0) is 24.6 Å². The van der Waals surface area contributed by atoms with E-state index in [4.69, 9.17) is 4.74 Å². The number of nitrogens with zero attached hydrogens (tertiary/aromatic N) is 2. The van der Waals surface area contributed by atoms with Crippen LogP contribution in [0.1, 0.15) is 48.5 Å². The summed E-state index contributed by atoms with van der Waals surface area (Å²) in [5.74, 6) is -0.681. The van der Waals surface area contributed by atoms with Gasteiger partial charge in [0.25, 0.3) is 0 Å². The summed E-state index contributed by atoms with van der Waals surface area (Å²) in [6.07, 6.45) is -4.43. The number of ether oxygens (including phenoxy) is 1. The lowest BCUT2D eigenvalue weighted by Gasteiger charge is -2.22. The van der Waals surface area contributed by atoms with Gasteiger partial charge < -0.3 is 9.64 Å². The zero-order valence-electron chi connectivity index (χ0n) is 16.5. The summed E-state index contributed by atoms with van der Waals surface area (Å²) in [6, 6.07) is 4.51. The Hall–Kier alpha value is -2.42. The van der Waals surface area contributed by atoms with Crippen molar-refractivity contribution in [3.05, 3.63) is 51.5 Å². The summed E-state index contributed by atoms with van der Waals surface area (Å²) in [5, 5.41) is 2.71. The number of aromatic nitrogens is 1. The molecule has 0 N–H and O–H groups in total. The minimum atomic E-state index is -4.43. The number of benzene rings is 1. The molecule has 1 aromatic heterocycles. The van der Waals surface area contributed by atoms with Crippen LogP contribution >= 0.6 is 11.3 Å². The summed E-state index contributed by atoms with van der Waals surface area (Å²) < 4.78 is 43.1. The SMILES string of the molecule is CCOC(=O)CN(Cc1ccc(C(F)(F)F)cc1)C(=O)Cc1csc(C(C)C)n1. The Bertz CT molecular complexity index is 832. The normalized spacial score (nSPS) is 11.6. The number of alkyl halides is 3. The number of thiazole rings is 1. The van der Waals surface area contributed by atoms with Crippen LogP contribution in [0.15, 0.2) is 29.6 Å². The maximum absolute atomic E-state index is 12.8. The molecule has 0 radical (unpaired) electrons. The highest BCUT2D eigenvalue weighted by molar-refractivity contribution is 7.09. The first-order valence-electron chi connectivity index (χ1n) is 9.14. The monoisotopic (exact) mass is 428 g/mol. The van der Waals surface area contributed by atoms with E-state index in [-0.39, 0.29) is 37.9 Å². The minimum absolute atomic E-state index is 0.00302. The molecule has 0 atom stereocenters. The fraction of sp³-hybridized carbons (Fsp3) is 0.450. The number of carbonyl (C=O) groups is 2. The van der Waals surface area contributed by atoms with Crippen molar-refractivity contribution in [1.29, 1.82) is 0 Å². The zero-order valence-corrected chi connectivity index (χ0v) is 17.3. The Balaban J connectivity index is 2.14. The molecule has 29 heavy (non-hydrogen) atoms. The van der Waals surface area contributed by atoms with E-state index in [2.05, 4.69) is 4.98 Å². The first kappa shape index (κ1) is 22.9. The molecule has 1 heterocycles. The molecule has 0 fully saturated rings. The molecule has 0 saturated heterocycles.